The molecule has 2 saturated heterocycles. The highest BCUT2D eigenvalue weighted by molar-refractivity contribution is 7.90. The smallest absolute Gasteiger partial charge is 0.416 e. The van der Waals surface area contributed by atoms with Crippen LogP contribution >= 0.6 is 0 Å². The number of alkyl halides is 4. The fourth-order valence-electron chi connectivity index (χ4n) is 9.58. The van der Waals surface area contributed by atoms with Crippen molar-refractivity contribution in [3.05, 3.63) is 107 Å². The minimum Gasteiger partial charge on any atom is -0.506 e. The molecule has 0 saturated carbocycles. The lowest BCUT2D eigenvalue weighted by atomic mass is 9.72. The van der Waals surface area contributed by atoms with E-state index in [-0.39, 0.29) is 34.0 Å². The molecule has 8 rings (SSSR count). The number of piperazine rings is 1. The lowest BCUT2D eigenvalue weighted by molar-refractivity contribution is -0.137. The highest BCUT2D eigenvalue weighted by Gasteiger charge is 2.34. The molecule has 67 heavy (non-hydrogen) atoms. The number of ether oxygens (including phenoxy) is 1. The van der Waals surface area contributed by atoms with Crippen molar-refractivity contribution in [1.29, 1.82) is 0 Å². The molecule has 0 atom stereocenters. The summed E-state index contributed by atoms with van der Waals surface area (Å²) in [6.07, 6.45) is 4.27. The van der Waals surface area contributed by atoms with Crippen molar-refractivity contribution in [1.82, 2.24) is 24.5 Å². The number of carbonyl (C=O) groups excluding carboxylic acids is 1. The Morgan fingerprint density at radius 1 is 0.970 bits per heavy atom. The Morgan fingerprint density at radius 3 is 2.46 bits per heavy atom. The molecule has 0 radical (unpaired) electrons. The number of aromatic hydroxyl groups is 1. The number of phenols is 1. The van der Waals surface area contributed by atoms with Crippen LogP contribution < -0.4 is 19.7 Å². The van der Waals surface area contributed by atoms with Crippen LogP contribution in [-0.2, 0) is 16.2 Å². The molecule has 1 amide bonds. The number of aromatic amines is 1. The average Bonchev–Trinajstić information content (AvgIpc) is 3.76. The number of sulfonamides is 1. The monoisotopic (exact) mass is 945 g/mol. The van der Waals surface area contributed by atoms with Gasteiger partial charge in [0, 0.05) is 75.2 Å². The van der Waals surface area contributed by atoms with Gasteiger partial charge in [-0.05, 0) is 135 Å². The van der Waals surface area contributed by atoms with Gasteiger partial charge in [-0.25, -0.2) is 22.5 Å². The normalized spacial score (nSPS) is 17.8. The molecule has 0 unspecified atom stereocenters. The van der Waals surface area contributed by atoms with Crippen LogP contribution in [0.1, 0.15) is 79.4 Å². The van der Waals surface area contributed by atoms with Crippen LogP contribution in [0.3, 0.4) is 0 Å². The lowest BCUT2D eigenvalue weighted by Crippen LogP contribution is -2.47. The summed E-state index contributed by atoms with van der Waals surface area (Å²) in [6.45, 7) is 12.0. The summed E-state index contributed by atoms with van der Waals surface area (Å²) >= 11 is 0. The number of nitrogens with zero attached hydrogens (tertiary/aromatic N) is 4. The van der Waals surface area contributed by atoms with E-state index >= 15 is 0 Å². The number of fused-ring (bicyclic) bond motifs is 1. The van der Waals surface area contributed by atoms with Crippen molar-refractivity contribution in [2.75, 3.05) is 75.8 Å². The minimum atomic E-state index is -4.45. The first-order chi connectivity index (χ1) is 31.9. The third-order valence-electron chi connectivity index (χ3n) is 13.5. The second-order valence-electron chi connectivity index (χ2n) is 18.9. The molecule has 2 aromatic heterocycles. The maximum atomic E-state index is 13.9. The predicted molar refractivity (Wildman–Crippen MR) is 253 cm³/mol. The number of benzene rings is 3. The second kappa shape index (κ2) is 19.9. The molecule has 3 aliphatic rings. The summed E-state index contributed by atoms with van der Waals surface area (Å²) in [6, 6.07) is 16.6. The number of carbonyl (C=O) groups is 1. The van der Waals surface area contributed by atoms with Crippen LogP contribution in [0.4, 0.5) is 28.9 Å². The number of hydrogen-bond donors (Lipinski definition) is 4. The van der Waals surface area contributed by atoms with E-state index in [0.717, 1.165) is 79.9 Å². The van der Waals surface area contributed by atoms with Gasteiger partial charge in [-0.3, -0.25) is 9.69 Å². The van der Waals surface area contributed by atoms with E-state index < -0.39 is 27.7 Å². The van der Waals surface area contributed by atoms with Crippen molar-refractivity contribution in [3.63, 3.8) is 0 Å². The Kier molecular flexibility index (Phi) is 14.2. The number of likely N-dealkylation sites (tertiary alicyclic amines) is 1. The standard InChI is InChI=1S/C50H59F4N7O5S/c1-33-26-37(50(52,53)54)4-7-41(33)43-30-49(2,3)15-10-36(43)32-60-22-24-61(25-23-60)38-5-8-42(46(28-38)66-39-27-35-12-18-56-47(35)57-31-39)48(63)58-67(64,65)40-6-9-44(45(62)29-40)55-17-11-34-13-19-59(20-14-34)21-16-51/h4-9,12,18,26-29,31,34,55,62H,10-11,13-17,19-25,30,32H2,1-3H3,(H,56,57)(H,58,63). The first kappa shape index (κ1) is 47.8. The molecular formula is C50H59F4N7O5S. The number of allylic oxidation sites excluding steroid dienone is 1. The van der Waals surface area contributed by atoms with Gasteiger partial charge in [-0.15, -0.1) is 0 Å². The van der Waals surface area contributed by atoms with Crippen molar-refractivity contribution < 1.29 is 40.6 Å². The number of anilines is 2. The van der Waals surface area contributed by atoms with Crippen LogP contribution in [0, 0.1) is 18.3 Å². The van der Waals surface area contributed by atoms with Gasteiger partial charge in [0.15, 0.2) is 0 Å². The van der Waals surface area contributed by atoms with Crippen LogP contribution in [0.15, 0.2) is 89.6 Å². The molecule has 3 aromatic carbocycles. The van der Waals surface area contributed by atoms with Gasteiger partial charge >= 0.3 is 6.18 Å². The third kappa shape index (κ3) is 11.6. The fraction of sp³-hybridized carbons (Fsp3) is 0.440. The molecule has 17 heteroatoms. The number of aromatic nitrogens is 2. The molecular weight excluding hydrogens is 887 g/mol. The molecule has 5 aromatic rings. The summed E-state index contributed by atoms with van der Waals surface area (Å²) in [7, 11) is -4.45. The summed E-state index contributed by atoms with van der Waals surface area (Å²) in [5.74, 6) is -0.279. The van der Waals surface area contributed by atoms with E-state index in [9.17, 15) is 35.9 Å². The average molecular weight is 946 g/mol. The molecule has 2 fully saturated rings. The number of piperidine rings is 1. The Balaban J connectivity index is 0.956. The predicted octanol–water partition coefficient (Wildman–Crippen LogP) is 9.78. The van der Waals surface area contributed by atoms with Gasteiger partial charge in [-0.1, -0.05) is 25.5 Å². The molecule has 0 spiro atoms. The van der Waals surface area contributed by atoms with Crippen LogP contribution in [-0.4, -0.2) is 105 Å². The van der Waals surface area contributed by atoms with Crippen molar-refractivity contribution >= 4 is 43.9 Å². The van der Waals surface area contributed by atoms with Gasteiger partial charge in [0.2, 0.25) is 0 Å². The summed E-state index contributed by atoms with van der Waals surface area (Å²) in [4.78, 5) is 27.7. The summed E-state index contributed by atoms with van der Waals surface area (Å²) in [5.41, 5.74) is 5.01. The van der Waals surface area contributed by atoms with Crippen LogP contribution in [0.5, 0.6) is 17.2 Å². The number of amides is 1. The van der Waals surface area contributed by atoms with Gasteiger partial charge in [0.1, 0.15) is 29.6 Å². The Bertz CT molecular complexity index is 2720. The zero-order valence-electron chi connectivity index (χ0n) is 38.2. The van der Waals surface area contributed by atoms with Gasteiger partial charge in [0.25, 0.3) is 15.9 Å². The van der Waals surface area contributed by atoms with Crippen molar-refractivity contribution in [3.8, 4) is 17.2 Å². The minimum absolute atomic E-state index is 0.0216. The Hall–Kier alpha value is -5.65. The SMILES string of the molecule is Cc1cc(C(F)(F)F)ccc1C1=C(CN2CCN(c3ccc(C(=O)NS(=O)(=O)c4ccc(NCCC5CCN(CCF)CC5)c(O)c4)c(Oc4cnc5[nH]ccc5c4)c3)CC2)CCC(C)(C)C1. The molecule has 4 heterocycles. The van der Waals surface area contributed by atoms with Gasteiger partial charge in [0.05, 0.1) is 27.9 Å². The van der Waals surface area contributed by atoms with E-state index in [0.29, 0.717) is 74.4 Å². The first-order valence-corrected chi connectivity index (χ1v) is 24.5. The fourth-order valence-corrected chi connectivity index (χ4v) is 10.6. The topological polar surface area (TPSA) is 143 Å². The van der Waals surface area contributed by atoms with Crippen LogP contribution in [0.25, 0.3) is 16.6 Å². The van der Waals surface area contributed by atoms with Crippen LogP contribution in [0.2, 0.25) is 0 Å². The molecule has 12 nitrogen and oxygen atoms in total. The van der Waals surface area contributed by atoms with Crippen molar-refractivity contribution in [2.24, 2.45) is 11.3 Å². The van der Waals surface area contributed by atoms with Gasteiger partial charge < -0.3 is 29.9 Å². The number of H-pyrrole nitrogens is 1. The van der Waals surface area contributed by atoms with E-state index in [1.165, 1.54) is 42.1 Å². The first-order valence-electron chi connectivity index (χ1n) is 23.0. The number of nitrogens with one attached hydrogen (secondary N) is 3. The summed E-state index contributed by atoms with van der Waals surface area (Å²) < 4.78 is 89.1. The Morgan fingerprint density at radius 2 is 1.75 bits per heavy atom. The number of phenolic OH excluding ortho intramolecular Hbond substituents is 1. The number of halogens is 4. The van der Waals surface area contributed by atoms with E-state index in [2.05, 4.69) is 48.6 Å². The van der Waals surface area contributed by atoms with E-state index in [4.69, 9.17) is 4.74 Å². The third-order valence-corrected chi connectivity index (χ3v) is 14.8. The number of aryl methyl sites for hydroxylation is 1. The molecule has 0 bridgehead atoms. The van der Waals surface area contributed by atoms with Crippen molar-refractivity contribution in [2.45, 2.75) is 70.4 Å². The maximum absolute atomic E-state index is 13.9. The summed E-state index contributed by atoms with van der Waals surface area (Å²) in [5, 5.41) is 14.8. The lowest BCUT2D eigenvalue weighted by Gasteiger charge is -2.39. The highest BCUT2D eigenvalue weighted by Crippen LogP contribution is 2.45. The second-order valence-corrected chi connectivity index (χ2v) is 20.6. The van der Waals surface area contributed by atoms with E-state index in [1.807, 2.05) is 6.07 Å². The molecule has 1 aliphatic carbocycles. The zero-order valence-corrected chi connectivity index (χ0v) is 39.0. The number of hydrogen-bond acceptors (Lipinski definition) is 10. The Labute approximate surface area is 389 Å². The number of pyridine rings is 1. The zero-order chi connectivity index (χ0) is 47.5. The molecule has 4 N–H and O–H groups in total. The molecule has 358 valence electrons. The quantitative estimate of drug-likeness (QED) is 0.0592. The van der Waals surface area contributed by atoms with E-state index in [1.54, 1.807) is 37.4 Å². The van der Waals surface area contributed by atoms with Gasteiger partial charge in [-0.2, -0.15) is 13.2 Å². The highest BCUT2D eigenvalue weighted by atomic mass is 32.2. The maximum Gasteiger partial charge on any atom is 0.416 e. The molecule has 2 aliphatic heterocycles. The number of rotatable bonds is 15. The largest absolute Gasteiger partial charge is 0.506 e.